The lowest BCUT2D eigenvalue weighted by Gasteiger charge is -2.12. The van der Waals surface area contributed by atoms with Crippen molar-refractivity contribution in [2.75, 3.05) is 5.32 Å². The van der Waals surface area contributed by atoms with Gasteiger partial charge in [-0.3, -0.25) is 4.79 Å². The molecular weight excluding hydrogens is 461 g/mol. The van der Waals surface area contributed by atoms with E-state index in [0.29, 0.717) is 5.76 Å². The summed E-state index contributed by atoms with van der Waals surface area (Å²) in [6.07, 6.45) is -3.32. The largest absolute Gasteiger partial charge is 0.468 e. The molecule has 0 aliphatic rings. The number of carbonyl (C=O) groups excluding carboxylic acids is 1. The standard InChI is InChI=1S/C21H17F3N4O4S/c22-21(23,24)20-27-17-5-1-2-6-18(17)28(20)13-19(29)26-14-7-9-16(10-8-14)33(30,31)25-12-15-4-3-11-32-15/h1-11,25H,12-13H2,(H,26,29). The Labute approximate surface area is 186 Å². The van der Waals surface area contributed by atoms with Crippen LogP contribution in [0.2, 0.25) is 0 Å². The average molecular weight is 478 g/mol. The lowest BCUT2D eigenvalue weighted by Crippen LogP contribution is -2.24. The average Bonchev–Trinajstić information content (AvgIpc) is 3.41. The number of rotatable bonds is 7. The van der Waals surface area contributed by atoms with Crippen LogP contribution in [0.3, 0.4) is 0 Å². The van der Waals surface area contributed by atoms with E-state index < -0.39 is 34.5 Å². The van der Waals surface area contributed by atoms with E-state index in [1.165, 1.54) is 42.7 Å². The summed E-state index contributed by atoms with van der Waals surface area (Å²) in [5.41, 5.74) is 0.515. The van der Waals surface area contributed by atoms with Crippen molar-refractivity contribution in [1.29, 1.82) is 0 Å². The second-order valence-corrected chi connectivity index (χ2v) is 8.75. The molecule has 0 bridgehead atoms. The van der Waals surface area contributed by atoms with Crippen molar-refractivity contribution >= 4 is 32.7 Å². The maximum absolute atomic E-state index is 13.4. The molecule has 2 aromatic heterocycles. The Hall–Kier alpha value is -3.64. The molecule has 0 saturated carbocycles. The first kappa shape index (κ1) is 22.6. The number of alkyl halides is 3. The number of nitrogens with one attached hydrogen (secondary N) is 2. The number of hydrogen-bond acceptors (Lipinski definition) is 5. The molecule has 0 aliphatic heterocycles. The molecule has 4 aromatic rings. The lowest BCUT2D eigenvalue weighted by molar-refractivity contribution is -0.147. The third kappa shape index (κ3) is 5.07. The molecule has 172 valence electrons. The van der Waals surface area contributed by atoms with Crippen molar-refractivity contribution in [3.05, 3.63) is 78.5 Å². The second-order valence-electron chi connectivity index (χ2n) is 6.98. The van der Waals surface area contributed by atoms with E-state index in [0.717, 1.165) is 4.57 Å². The van der Waals surface area contributed by atoms with E-state index in [-0.39, 0.29) is 28.2 Å². The van der Waals surface area contributed by atoms with Crippen LogP contribution in [0, 0.1) is 0 Å². The summed E-state index contributed by atoms with van der Waals surface area (Å²) in [6, 6.07) is 14.5. The minimum atomic E-state index is -4.74. The number of hydrogen-bond donors (Lipinski definition) is 2. The molecule has 8 nitrogen and oxygen atoms in total. The maximum Gasteiger partial charge on any atom is 0.449 e. The van der Waals surface area contributed by atoms with Gasteiger partial charge in [0.15, 0.2) is 0 Å². The van der Waals surface area contributed by atoms with E-state index >= 15 is 0 Å². The van der Waals surface area contributed by atoms with Gasteiger partial charge in [0.1, 0.15) is 12.3 Å². The first-order valence-electron chi connectivity index (χ1n) is 9.58. The highest BCUT2D eigenvalue weighted by Crippen LogP contribution is 2.31. The smallest absolute Gasteiger partial charge is 0.449 e. The minimum Gasteiger partial charge on any atom is -0.468 e. The van der Waals surface area contributed by atoms with Gasteiger partial charge in [-0.1, -0.05) is 12.1 Å². The molecule has 0 spiro atoms. The second kappa shape index (κ2) is 8.71. The van der Waals surface area contributed by atoms with Gasteiger partial charge in [-0.15, -0.1) is 0 Å². The number of benzene rings is 2. The van der Waals surface area contributed by atoms with Gasteiger partial charge in [-0.25, -0.2) is 18.1 Å². The van der Waals surface area contributed by atoms with E-state index in [4.69, 9.17) is 4.42 Å². The Morgan fingerprint density at radius 1 is 1.03 bits per heavy atom. The Balaban J connectivity index is 1.47. The molecule has 33 heavy (non-hydrogen) atoms. The summed E-state index contributed by atoms with van der Waals surface area (Å²) in [7, 11) is -3.83. The van der Waals surface area contributed by atoms with Crippen molar-refractivity contribution in [2.24, 2.45) is 0 Å². The van der Waals surface area contributed by atoms with Gasteiger partial charge in [-0.05, 0) is 48.5 Å². The molecule has 4 rings (SSSR count). The fraction of sp³-hybridized carbons (Fsp3) is 0.143. The number of aromatic nitrogens is 2. The number of halogens is 3. The quantitative estimate of drug-likeness (QED) is 0.421. The number of para-hydroxylation sites is 2. The monoisotopic (exact) mass is 478 g/mol. The number of amides is 1. The van der Waals surface area contributed by atoms with E-state index in [1.54, 1.807) is 24.3 Å². The van der Waals surface area contributed by atoms with Gasteiger partial charge in [0, 0.05) is 5.69 Å². The predicted molar refractivity (Wildman–Crippen MR) is 113 cm³/mol. The topological polar surface area (TPSA) is 106 Å². The molecule has 0 atom stereocenters. The zero-order chi connectivity index (χ0) is 23.6. The van der Waals surface area contributed by atoms with Gasteiger partial charge in [0.2, 0.25) is 21.8 Å². The van der Waals surface area contributed by atoms with Crippen LogP contribution in [0.25, 0.3) is 11.0 Å². The number of fused-ring (bicyclic) bond motifs is 1. The van der Waals surface area contributed by atoms with Crippen molar-refractivity contribution < 1.29 is 30.8 Å². The number of carbonyl (C=O) groups is 1. The molecule has 2 heterocycles. The van der Waals surface area contributed by atoms with E-state index in [2.05, 4.69) is 15.0 Å². The van der Waals surface area contributed by atoms with Crippen LogP contribution < -0.4 is 10.0 Å². The highest BCUT2D eigenvalue weighted by Gasteiger charge is 2.38. The summed E-state index contributed by atoms with van der Waals surface area (Å²) in [4.78, 5) is 16.0. The van der Waals surface area contributed by atoms with Crippen LogP contribution in [-0.2, 0) is 34.1 Å². The van der Waals surface area contributed by atoms with Crippen LogP contribution >= 0.6 is 0 Å². The Kier molecular flexibility index (Phi) is 5.95. The van der Waals surface area contributed by atoms with Crippen LogP contribution in [0.4, 0.5) is 18.9 Å². The minimum absolute atomic E-state index is 0.0335. The summed E-state index contributed by atoms with van der Waals surface area (Å²) in [5.74, 6) is -1.47. The van der Waals surface area contributed by atoms with Crippen LogP contribution in [0.15, 0.2) is 76.2 Å². The number of sulfonamides is 1. The number of anilines is 1. The van der Waals surface area contributed by atoms with Gasteiger partial charge in [-0.2, -0.15) is 13.2 Å². The predicted octanol–water partition coefficient (Wildman–Crippen LogP) is 3.77. The Morgan fingerprint density at radius 2 is 1.76 bits per heavy atom. The Morgan fingerprint density at radius 3 is 2.42 bits per heavy atom. The number of nitrogens with zero attached hydrogens (tertiary/aromatic N) is 2. The SMILES string of the molecule is O=C(Cn1c(C(F)(F)F)nc2ccccc21)Nc1ccc(S(=O)(=O)NCc2ccco2)cc1. The molecule has 0 radical (unpaired) electrons. The molecule has 2 aromatic carbocycles. The molecule has 0 aliphatic carbocycles. The summed E-state index contributed by atoms with van der Waals surface area (Å²) in [6.45, 7) is -0.658. The molecule has 0 unspecified atom stereocenters. The van der Waals surface area contributed by atoms with Crippen molar-refractivity contribution in [1.82, 2.24) is 14.3 Å². The fourth-order valence-corrected chi connectivity index (χ4v) is 4.17. The highest BCUT2D eigenvalue weighted by atomic mass is 32.2. The molecule has 1 amide bonds. The molecule has 0 saturated heterocycles. The number of furan rings is 1. The summed E-state index contributed by atoms with van der Waals surface area (Å²) in [5, 5.41) is 2.47. The van der Waals surface area contributed by atoms with Crippen LogP contribution in [0.1, 0.15) is 11.6 Å². The van der Waals surface area contributed by atoms with Crippen molar-refractivity contribution in [3.63, 3.8) is 0 Å². The highest BCUT2D eigenvalue weighted by molar-refractivity contribution is 7.89. The lowest BCUT2D eigenvalue weighted by atomic mass is 10.3. The summed E-state index contributed by atoms with van der Waals surface area (Å²) < 4.78 is 73.2. The van der Waals surface area contributed by atoms with Crippen LogP contribution in [0.5, 0.6) is 0 Å². The first-order valence-corrected chi connectivity index (χ1v) is 11.1. The Bertz CT molecular complexity index is 1380. The van der Waals surface area contributed by atoms with E-state index in [1.807, 2.05) is 0 Å². The zero-order valence-corrected chi connectivity index (χ0v) is 17.7. The van der Waals surface area contributed by atoms with Gasteiger partial charge >= 0.3 is 6.18 Å². The summed E-state index contributed by atoms with van der Waals surface area (Å²) >= 11 is 0. The van der Waals surface area contributed by atoms with Gasteiger partial charge < -0.3 is 14.3 Å². The van der Waals surface area contributed by atoms with Crippen LogP contribution in [-0.4, -0.2) is 23.9 Å². The van der Waals surface area contributed by atoms with Crippen molar-refractivity contribution in [3.8, 4) is 0 Å². The number of imidazole rings is 1. The molecular formula is C21H17F3N4O4S. The van der Waals surface area contributed by atoms with Gasteiger partial charge in [0.05, 0.1) is 28.7 Å². The third-order valence-electron chi connectivity index (χ3n) is 4.67. The normalized spacial score (nSPS) is 12.2. The molecule has 12 heteroatoms. The van der Waals surface area contributed by atoms with Crippen molar-refractivity contribution in [2.45, 2.75) is 24.2 Å². The molecule has 0 fully saturated rings. The van der Waals surface area contributed by atoms with Gasteiger partial charge in [0.25, 0.3) is 0 Å². The fourth-order valence-electron chi connectivity index (χ4n) is 3.18. The third-order valence-corrected chi connectivity index (χ3v) is 6.09. The van der Waals surface area contributed by atoms with E-state index in [9.17, 15) is 26.4 Å². The maximum atomic E-state index is 13.4. The first-order chi connectivity index (χ1) is 15.6. The zero-order valence-electron chi connectivity index (χ0n) is 16.8. The molecule has 2 N–H and O–H groups in total.